The standard InChI is InChI=1S/C18H22N2O2S/c1-14-4-6-15(7-5-14)18(21)19-13-16(17-3-2-12-23-17)20-8-10-22-11-9-20/h2-7,12,16H,8-11,13H2,1H3,(H,19,21)/t16-/m0/s1. The van der Waals surface area contributed by atoms with Gasteiger partial charge in [0.15, 0.2) is 0 Å². The molecule has 23 heavy (non-hydrogen) atoms. The summed E-state index contributed by atoms with van der Waals surface area (Å²) in [5.74, 6) is -0.0141. The molecule has 3 rings (SSSR count). The molecular formula is C18H22N2O2S. The van der Waals surface area contributed by atoms with Gasteiger partial charge in [0.2, 0.25) is 0 Å². The van der Waals surface area contributed by atoms with Crippen LogP contribution in [-0.2, 0) is 4.74 Å². The monoisotopic (exact) mass is 330 g/mol. The third-order valence-corrected chi connectivity index (χ3v) is 5.10. The van der Waals surface area contributed by atoms with Gasteiger partial charge in [-0.3, -0.25) is 9.69 Å². The van der Waals surface area contributed by atoms with Crippen LogP contribution in [0.2, 0.25) is 0 Å². The number of carbonyl (C=O) groups is 1. The molecule has 1 saturated heterocycles. The molecule has 122 valence electrons. The molecule has 0 aliphatic carbocycles. The van der Waals surface area contributed by atoms with Crippen molar-refractivity contribution >= 4 is 17.2 Å². The quantitative estimate of drug-likeness (QED) is 0.916. The Morgan fingerprint density at radius 2 is 2.00 bits per heavy atom. The van der Waals surface area contributed by atoms with Crippen LogP contribution in [-0.4, -0.2) is 43.7 Å². The van der Waals surface area contributed by atoms with Crippen LogP contribution in [0.4, 0.5) is 0 Å². The third kappa shape index (κ3) is 4.19. The smallest absolute Gasteiger partial charge is 0.251 e. The average Bonchev–Trinajstić information content (AvgIpc) is 3.11. The van der Waals surface area contributed by atoms with Gasteiger partial charge >= 0.3 is 0 Å². The van der Waals surface area contributed by atoms with E-state index in [1.165, 1.54) is 4.88 Å². The molecule has 2 heterocycles. The van der Waals surface area contributed by atoms with Crippen LogP contribution in [0.1, 0.15) is 26.8 Å². The summed E-state index contributed by atoms with van der Waals surface area (Å²) in [7, 11) is 0. The van der Waals surface area contributed by atoms with Crippen LogP contribution >= 0.6 is 11.3 Å². The van der Waals surface area contributed by atoms with Crippen molar-refractivity contribution in [2.45, 2.75) is 13.0 Å². The van der Waals surface area contributed by atoms with Crippen molar-refractivity contribution in [1.82, 2.24) is 10.2 Å². The lowest BCUT2D eigenvalue weighted by molar-refractivity contribution is 0.0169. The Kier molecular flexibility index (Phi) is 5.43. The first kappa shape index (κ1) is 16.2. The van der Waals surface area contributed by atoms with Crippen molar-refractivity contribution in [2.75, 3.05) is 32.8 Å². The first-order valence-corrected chi connectivity index (χ1v) is 8.82. The predicted molar refractivity (Wildman–Crippen MR) is 93.0 cm³/mol. The molecule has 4 nitrogen and oxygen atoms in total. The summed E-state index contributed by atoms with van der Waals surface area (Å²) in [6.07, 6.45) is 0. The Balaban J connectivity index is 1.66. The molecule has 0 unspecified atom stereocenters. The highest BCUT2D eigenvalue weighted by atomic mass is 32.1. The Bertz CT molecular complexity index is 619. The number of amides is 1. The van der Waals surface area contributed by atoms with Gasteiger partial charge < -0.3 is 10.1 Å². The fourth-order valence-corrected chi connectivity index (χ4v) is 3.64. The lowest BCUT2D eigenvalue weighted by Crippen LogP contribution is -2.43. The molecule has 0 saturated carbocycles. The van der Waals surface area contributed by atoms with Crippen LogP contribution in [0, 0.1) is 6.92 Å². The van der Waals surface area contributed by atoms with Crippen molar-refractivity contribution in [3.05, 3.63) is 57.8 Å². The summed E-state index contributed by atoms with van der Waals surface area (Å²) in [5, 5.41) is 5.18. The summed E-state index contributed by atoms with van der Waals surface area (Å²) in [6.45, 7) is 5.97. The van der Waals surface area contributed by atoms with Crippen LogP contribution < -0.4 is 5.32 Å². The van der Waals surface area contributed by atoms with Crippen molar-refractivity contribution in [3.63, 3.8) is 0 Å². The van der Waals surface area contributed by atoms with Gasteiger partial charge in [-0.2, -0.15) is 0 Å². The number of morpholine rings is 1. The lowest BCUT2D eigenvalue weighted by Gasteiger charge is -2.34. The molecule has 1 aromatic carbocycles. The number of carbonyl (C=O) groups excluding carboxylic acids is 1. The molecule has 1 amide bonds. The van der Waals surface area contributed by atoms with Crippen molar-refractivity contribution < 1.29 is 9.53 Å². The van der Waals surface area contributed by atoms with Crippen molar-refractivity contribution in [1.29, 1.82) is 0 Å². The van der Waals surface area contributed by atoms with E-state index in [9.17, 15) is 4.79 Å². The average molecular weight is 330 g/mol. The van der Waals surface area contributed by atoms with E-state index in [1.54, 1.807) is 11.3 Å². The van der Waals surface area contributed by atoms with E-state index in [4.69, 9.17) is 4.74 Å². The van der Waals surface area contributed by atoms with Crippen molar-refractivity contribution in [2.24, 2.45) is 0 Å². The number of thiophene rings is 1. The first-order valence-electron chi connectivity index (χ1n) is 7.94. The zero-order valence-electron chi connectivity index (χ0n) is 13.3. The van der Waals surface area contributed by atoms with Gasteiger partial charge in [-0.25, -0.2) is 0 Å². The normalized spacial score (nSPS) is 16.9. The van der Waals surface area contributed by atoms with Crippen LogP contribution in [0.5, 0.6) is 0 Å². The number of ether oxygens (including phenoxy) is 1. The van der Waals surface area contributed by atoms with Gasteiger partial charge in [0, 0.05) is 30.1 Å². The second-order valence-electron chi connectivity index (χ2n) is 5.76. The Morgan fingerprint density at radius 1 is 1.26 bits per heavy atom. The zero-order chi connectivity index (χ0) is 16.1. The fraction of sp³-hybridized carbons (Fsp3) is 0.389. The maximum absolute atomic E-state index is 12.4. The summed E-state index contributed by atoms with van der Waals surface area (Å²) >= 11 is 1.74. The predicted octanol–water partition coefficient (Wildman–Crippen LogP) is 2.86. The molecule has 5 heteroatoms. The third-order valence-electron chi connectivity index (χ3n) is 4.13. The SMILES string of the molecule is Cc1ccc(C(=O)NC[C@@H](c2cccs2)N2CCOCC2)cc1. The molecule has 1 aromatic heterocycles. The molecule has 1 fully saturated rings. The number of nitrogens with one attached hydrogen (secondary N) is 1. The van der Waals surface area contributed by atoms with Gasteiger partial charge in [-0.05, 0) is 30.5 Å². The lowest BCUT2D eigenvalue weighted by atomic mass is 10.1. The van der Waals surface area contributed by atoms with Gasteiger partial charge in [-0.15, -0.1) is 11.3 Å². The second-order valence-corrected chi connectivity index (χ2v) is 6.73. The molecule has 1 aliphatic heterocycles. The van der Waals surface area contributed by atoms with Crippen LogP contribution in [0.25, 0.3) is 0 Å². The van der Waals surface area contributed by atoms with E-state index in [0.717, 1.165) is 31.9 Å². The number of hydrogen-bond acceptors (Lipinski definition) is 4. The highest BCUT2D eigenvalue weighted by Gasteiger charge is 2.24. The van der Waals surface area contributed by atoms with Gasteiger partial charge in [0.1, 0.15) is 0 Å². The topological polar surface area (TPSA) is 41.6 Å². The minimum atomic E-state index is -0.0141. The first-order chi connectivity index (χ1) is 11.2. The highest BCUT2D eigenvalue weighted by Crippen LogP contribution is 2.25. The minimum Gasteiger partial charge on any atom is -0.379 e. The highest BCUT2D eigenvalue weighted by molar-refractivity contribution is 7.10. The minimum absolute atomic E-state index is 0.0141. The van der Waals surface area contributed by atoms with Crippen LogP contribution in [0.3, 0.4) is 0 Å². The van der Waals surface area contributed by atoms with Crippen LogP contribution in [0.15, 0.2) is 41.8 Å². The second kappa shape index (κ2) is 7.73. The van der Waals surface area contributed by atoms with Gasteiger partial charge in [0.05, 0.1) is 19.3 Å². The molecule has 2 aromatic rings. The number of aryl methyl sites for hydroxylation is 1. The largest absolute Gasteiger partial charge is 0.379 e. The maximum atomic E-state index is 12.4. The van der Waals surface area contributed by atoms with E-state index in [2.05, 4.69) is 27.7 Å². The molecule has 1 N–H and O–H groups in total. The molecular weight excluding hydrogens is 308 g/mol. The fourth-order valence-electron chi connectivity index (χ4n) is 2.78. The van der Waals surface area contributed by atoms with E-state index in [-0.39, 0.29) is 11.9 Å². The molecule has 1 atom stereocenters. The molecule has 1 aliphatic rings. The van der Waals surface area contributed by atoms with E-state index >= 15 is 0 Å². The zero-order valence-corrected chi connectivity index (χ0v) is 14.1. The van der Waals surface area contributed by atoms with E-state index < -0.39 is 0 Å². The van der Waals surface area contributed by atoms with Gasteiger partial charge in [-0.1, -0.05) is 23.8 Å². The van der Waals surface area contributed by atoms with Crippen molar-refractivity contribution in [3.8, 4) is 0 Å². The summed E-state index contributed by atoms with van der Waals surface area (Å²) < 4.78 is 5.45. The molecule has 0 bridgehead atoms. The number of benzene rings is 1. The Hall–Kier alpha value is -1.69. The molecule has 0 spiro atoms. The summed E-state index contributed by atoms with van der Waals surface area (Å²) in [4.78, 5) is 16.0. The van der Waals surface area contributed by atoms with Gasteiger partial charge in [0.25, 0.3) is 5.91 Å². The summed E-state index contributed by atoms with van der Waals surface area (Å²) in [5.41, 5.74) is 1.87. The summed E-state index contributed by atoms with van der Waals surface area (Å²) in [6, 6.07) is 12.1. The van der Waals surface area contributed by atoms with E-state index in [1.807, 2.05) is 31.2 Å². The molecule has 0 radical (unpaired) electrons. The number of hydrogen-bond donors (Lipinski definition) is 1. The Labute approximate surface area is 141 Å². The Morgan fingerprint density at radius 3 is 2.65 bits per heavy atom. The number of nitrogens with zero attached hydrogens (tertiary/aromatic N) is 1. The number of rotatable bonds is 5. The van der Waals surface area contributed by atoms with E-state index in [0.29, 0.717) is 12.1 Å². The maximum Gasteiger partial charge on any atom is 0.251 e.